The second-order valence-corrected chi connectivity index (χ2v) is 3.62. The summed E-state index contributed by atoms with van der Waals surface area (Å²) in [6, 6.07) is 10.3. The highest BCUT2D eigenvalue weighted by Crippen LogP contribution is 2.29. The average Bonchev–Trinajstić information content (AvgIpc) is 2.23. The Hall–Kier alpha value is -1.35. The molecule has 0 nitrogen and oxygen atoms in total. The second-order valence-electron chi connectivity index (χ2n) is 3.14. The maximum absolute atomic E-state index is 13.4. The van der Waals surface area contributed by atoms with Gasteiger partial charge in [-0.25, -0.2) is 8.78 Å². The van der Waals surface area contributed by atoms with Gasteiger partial charge in [-0.3, -0.25) is 0 Å². The van der Waals surface area contributed by atoms with Gasteiger partial charge in [0.1, 0.15) is 11.6 Å². The summed E-state index contributed by atoms with van der Waals surface area (Å²) >= 11 is 4.17. The number of halogens is 2. The molecule has 76 valence electrons. The highest BCUT2D eigenvalue weighted by atomic mass is 32.1. The van der Waals surface area contributed by atoms with Gasteiger partial charge in [-0.1, -0.05) is 18.2 Å². The van der Waals surface area contributed by atoms with Gasteiger partial charge < -0.3 is 0 Å². The van der Waals surface area contributed by atoms with Crippen LogP contribution in [-0.2, 0) is 0 Å². The lowest BCUT2D eigenvalue weighted by Gasteiger charge is -2.06. The molecule has 0 spiro atoms. The summed E-state index contributed by atoms with van der Waals surface area (Å²) in [4.78, 5) is 0.557. The van der Waals surface area contributed by atoms with E-state index in [2.05, 4.69) is 12.6 Å². The highest BCUT2D eigenvalue weighted by molar-refractivity contribution is 7.80. The van der Waals surface area contributed by atoms with E-state index in [9.17, 15) is 8.78 Å². The zero-order valence-electron chi connectivity index (χ0n) is 7.74. The van der Waals surface area contributed by atoms with E-state index in [1.54, 1.807) is 18.2 Å². The molecule has 0 radical (unpaired) electrons. The van der Waals surface area contributed by atoms with Crippen LogP contribution in [-0.4, -0.2) is 0 Å². The Labute approximate surface area is 92.0 Å². The average molecular weight is 222 g/mol. The Morgan fingerprint density at radius 2 is 1.60 bits per heavy atom. The lowest BCUT2D eigenvalue weighted by atomic mass is 10.1. The van der Waals surface area contributed by atoms with Gasteiger partial charge in [0, 0.05) is 16.0 Å². The largest absolute Gasteiger partial charge is 0.207 e. The number of hydrogen-bond acceptors (Lipinski definition) is 1. The fraction of sp³-hybridized carbons (Fsp3) is 0. The van der Waals surface area contributed by atoms with E-state index in [-0.39, 0.29) is 5.82 Å². The molecule has 0 N–H and O–H groups in total. The molecule has 0 bridgehead atoms. The third-order valence-corrected chi connectivity index (χ3v) is 2.51. The third kappa shape index (κ3) is 2.02. The summed E-state index contributed by atoms with van der Waals surface area (Å²) in [6.45, 7) is 0. The summed E-state index contributed by atoms with van der Waals surface area (Å²) < 4.78 is 26.4. The lowest BCUT2D eigenvalue weighted by molar-refractivity contribution is 0.623. The highest BCUT2D eigenvalue weighted by Gasteiger charge is 2.08. The van der Waals surface area contributed by atoms with Crippen molar-refractivity contribution < 1.29 is 8.78 Å². The minimum absolute atomic E-state index is 0.363. The number of thiol groups is 1. The summed E-state index contributed by atoms with van der Waals surface area (Å²) in [5.74, 6) is -0.774. The first-order valence-corrected chi connectivity index (χ1v) is 4.86. The summed E-state index contributed by atoms with van der Waals surface area (Å²) in [6.07, 6.45) is 0. The van der Waals surface area contributed by atoms with E-state index >= 15 is 0 Å². The van der Waals surface area contributed by atoms with E-state index < -0.39 is 5.82 Å². The van der Waals surface area contributed by atoms with Crippen LogP contribution in [0.2, 0.25) is 0 Å². The van der Waals surface area contributed by atoms with E-state index in [1.807, 2.05) is 0 Å². The first-order chi connectivity index (χ1) is 7.18. The van der Waals surface area contributed by atoms with Gasteiger partial charge >= 0.3 is 0 Å². The zero-order valence-corrected chi connectivity index (χ0v) is 8.64. The predicted octanol–water partition coefficient (Wildman–Crippen LogP) is 3.92. The molecule has 0 aromatic heterocycles. The SMILES string of the molecule is Fc1ccc(S)c(-c2ccccc2F)c1. The fourth-order valence-electron chi connectivity index (χ4n) is 1.40. The molecule has 0 saturated heterocycles. The molecule has 2 aromatic carbocycles. The van der Waals surface area contributed by atoms with Crippen molar-refractivity contribution in [2.24, 2.45) is 0 Å². The Morgan fingerprint density at radius 1 is 0.867 bits per heavy atom. The van der Waals surface area contributed by atoms with Crippen LogP contribution >= 0.6 is 12.6 Å². The topological polar surface area (TPSA) is 0 Å². The first kappa shape index (κ1) is 10.2. The molecular weight excluding hydrogens is 214 g/mol. The van der Waals surface area contributed by atoms with Gasteiger partial charge in [-0.15, -0.1) is 12.6 Å². The standard InChI is InChI=1S/C12H8F2S/c13-8-5-6-12(15)10(7-8)9-3-1-2-4-11(9)14/h1-7,15H. The monoisotopic (exact) mass is 222 g/mol. The van der Waals surface area contributed by atoms with Crippen molar-refractivity contribution in [3.8, 4) is 11.1 Å². The molecule has 0 fully saturated rings. The number of hydrogen-bond donors (Lipinski definition) is 1. The Balaban J connectivity index is 2.64. The van der Waals surface area contributed by atoms with Crippen LogP contribution in [0, 0.1) is 11.6 Å². The van der Waals surface area contributed by atoms with E-state index in [1.165, 1.54) is 24.3 Å². The molecule has 0 unspecified atom stereocenters. The van der Waals surface area contributed by atoms with Crippen LogP contribution in [0.25, 0.3) is 11.1 Å². The number of rotatable bonds is 1. The first-order valence-electron chi connectivity index (χ1n) is 4.42. The van der Waals surface area contributed by atoms with Crippen LogP contribution in [0.3, 0.4) is 0 Å². The zero-order chi connectivity index (χ0) is 10.8. The van der Waals surface area contributed by atoms with Gasteiger partial charge in [0.2, 0.25) is 0 Å². The van der Waals surface area contributed by atoms with Crippen molar-refractivity contribution in [3.63, 3.8) is 0 Å². The fourth-order valence-corrected chi connectivity index (χ4v) is 1.66. The van der Waals surface area contributed by atoms with Crippen molar-refractivity contribution >= 4 is 12.6 Å². The molecule has 3 heteroatoms. The Kier molecular flexibility index (Phi) is 2.73. The number of benzene rings is 2. The quantitative estimate of drug-likeness (QED) is 0.694. The van der Waals surface area contributed by atoms with Crippen LogP contribution < -0.4 is 0 Å². The molecule has 0 heterocycles. The third-order valence-electron chi connectivity index (χ3n) is 2.12. The smallest absolute Gasteiger partial charge is 0.131 e. The van der Waals surface area contributed by atoms with Crippen LogP contribution in [0.15, 0.2) is 47.4 Å². The van der Waals surface area contributed by atoms with Gasteiger partial charge in [-0.2, -0.15) is 0 Å². The van der Waals surface area contributed by atoms with Crippen LogP contribution in [0.1, 0.15) is 0 Å². The van der Waals surface area contributed by atoms with E-state index in [4.69, 9.17) is 0 Å². The van der Waals surface area contributed by atoms with Crippen LogP contribution in [0.5, 0.6) is 0 Å². The maximum Gasteiger partial charge on any atom is 0.131 e. The van der Waals surface area contributed by atoms with Gasteiger partial charge in [0.15, 0.2) is 0 Å². The minimum atomic E-state index is -0.397. The van der Waals surface area contributed by atoms with Crippen molar-refractivity contribution in [3.05, 3.63) is 54.1 Å². The van der Waals surface area contributed by atoms with E-state index in [0.29, 0.717) is 16.0 Å². The maximum atomic E-state index is 13.4. The van der Waals surface area contributed by atoms with Crippen molar-refractivity contribution in [1.29, 1.82) is 0 Å². The normalized spacial score (nSPS) is 10.3. The van der Waals surface area contributed by atoms with Crippen molar-refractivity contribution in [2.45, 2.75) is 4.90 Å². The molecular formula is C12H8F2S. The molecule has 0 saturated carbocycles. The van der Waals surface area contributed by atoms with E-state index in [0.717, 1.165) is 0 Å². The van der Waals surface area contributed by atoms with Crippen molar-refractivity contribution in [2.75, 3.05) is 0 Å². The second kappa shape index (κ2) is 4.03. The van der Waals surface area contributed by atoms with Gasteiger partial charge in [0.05, 0.1) is 0 Å². The Morgan fingerprint density at radius 3 is 2.33 bits per heavy atom. The minimum Gasteiger partial charge on any atom is -0.207 e. The molecule has 2 rings (SSSR count). The molecule has 0 atom stereocenters. The molecule has 2 aromatic rings. The molecule has 0 amide bonds. The summed E-state index contributed by atoms with van der Waals surface area (Å²) in [5.41, 5.74) is 0.832. The molecule has 0 aliphatic carbocycles. The summed E-state index contributed by atoms with van der Waals surface area (Å²) in [7, 11) is 0. The molecule has 0 aliphatic heterocycles. The summed E-state index contributed by atoms with van der Waals surface area (Å²) in [5, 5.41) is 0. The Bertz CT molecular complexity index is 495. The lowest BCUT2D eigenvalue weighted by Crippen LogP contribution is -1.86. The van der Waals surface area contributed by atoms with Gasteiger partial charge in [-0.05, 0) is 24.3 Å². The van der Waals surface area contributed by atoms with Crippen LogP contribution in [0.4, 0.5) is 8.78 Å². The van der Waals surface area contributed by atoms with Crippen molar-refractivity contribution in [1.82, 2.24) is 0 Å². The predicted molar refractivity (Wildman–Crippen MR) is 59.0 cm³/mol. The molecule has 15 heavy (non-hydrogen) atoms. The molecule has 0 aliphatic rings. The van der Waals surface area contributed by atoms with Gasteiger partial charge in [0.25, 0.3) is 0 Å².